The minimum Gasteiger partial charge on any atom is -0.295 e. The molecule has 0 radical (unpaired) electrons. The Morgan fingerprint density at radius 2 is 1.52 bits per heavy atom. The van der Waals surface area contributed by atoms with Gasteiger partial charge in [0.15, 0.2) is 5.65 Å². The molecule has 126 valence electrons. The molecule has 3 rings (SSSR count). The Kier molecular flexibility index (Phi) is 10.3. The minimum atomic E-state index is 0.850. The van der Waals surface area contributed by atoms with Gasteiger partial charge in [-0.2, -0.15) is 0 Å². The van der Waals surface area contributed by atoms with E-state index in [4.69, 9.17) is 0 Å². The van der Waals surface area contributed by atoms with E-state index in [-0.39, 0.29) is 0 Å². The van der Waals surface area contributed by atoms with Crippen LogP contribution in [0.25, 0.3) is 17.0 Å². The summed E-state index contributed by atoms with van der Waals surface area (Å²) < 4.78 is 2.02. The molecular weight excluding hydrogens is 284 g/mol. The standard InChI is InChI=1S/C13H12N4.3C2H6/c1-9-4-3-5-11(15-9)13-10(2)16-12-8-14-6-7-17(12)13;3*1-2/h3-8H,1-2H3;3*1-2H3. The molecule has 0 bridgehead atoms. The lowest BCUT2D eigenvalue weighted by Gasteiger charge is -2.02. The van der Waals surface area contributed by atoms with Crippen LogP contribution in [0.1, 0.15) is 52.9 Å². The first-order valence-corrected chi connectivity index (χ1v) is 8.48. The third-order valence-corrected chi connectivity index (χ3v) is 2.74. The zero-order valence-corrected chi connectivity index (χ0v) is 15.8. The number of fused-ring (bicyclic) bond motifs is 1. The highest BCUT2D eigenvalue weighted by Crippen LogP contribution is 2.22. The molecule has 0 aliphatic rings. The van der Waals surface area contributed by atoms with Gasteiger partial charge >= 0.3 is 0 Å². The van der Waals surface area contributed by atoms with Crippen molar-refractivity contribution in [2.75, 3.05) is 0 Å². The Labute approximate surface area is 140 Å². The Morgan fingerprint density at radius 1 is 0.870 bits per heavy atom. The van der Waals surface area contributed by atoms with Crippen molar-refractivity contribution in [1.82, 2.24) is 19.4 Å². The SMILES string of the molecule is CC.CC.CC.Cc1cccc(-c2c(C)nc3cnccn23)n1. The lowest BCUT2D eigenvalue weighted by molar-refractivity contribution is 1.11. The number of hydrogen-bond donors (Lipinski definition) is 0. The highest BCUT2D eigenvalue weighted by atomic mass is 15.0. The molecule has 0 aliphatic carbocycles. The molecule has 3 aromatic heterocycles. The zero-order valence-electron chi connectivity index (χ0n) is 15.8. The topological polar surface area (TPSA) is 43.1 Å². The van der Waals surface area contributed by atoms with Crippen molar-refractivity contribution in [2.45, 2.75) is 55.4 Å². The summed E-state index contributed by atoms with van der Waals surface area (Å²) in [5, 5.41) is 0. The number of pyridine rings is 1. The fraction of sp³-hybridized carbons (Fsp3) is 0.421. The molecule has 0 unspecified atom stereocenters. The monoisotopic (exact) mass is 314 g/mol. The maximum Gasteiger partial charge on any atom is 0.156 e. The molecule has 0 atom stereocenters. The van der Waals surface area contributed by atoms with Crippen molar-refractivity contribution in [3.63, 3.8) is 0 Å². The maximum absolute atomic E-state index is 4.55. The Bertz CT molecular complexity index is 687. The van der Waals surface area contributed by atoms with Crippen molar-refractivity contribution < 1.29 is 0 Å². The molecule has 0 aromatic carbocycles. The van der Waals surface area contributed by atoms with Crippen molar-refractivity contribution in [3.8, 4) is 11.4 Å². The van der Waals surface area contributed by atoms with E-state index in [2.05, 4.69) is 15.0 Å². The summed E-state index contributed by atoms with van der Waals surface area (Å²) in [6, 6.07) is 6.01. The lowest BCUT2D eigenvalue weighted by atomic mass is 10.2. The Morgan fingerprint density at radius 3 is 2.13 bits per heavy atom. The molecular formula is C19H30N4. The summed E-state index contributed by atoms with van der Waals surface area (Å²) in [4.78, 5) is 13.1. The zero-order chi connectivity index (χ0) is 17.8. The van der Waals surface area contributed by atoms with E-state index in [1.54, 1.807) is 12.4 Å². The van der Waals surface area contributed by atoms with Gasteiger partial charge in [0, 0.05) is 18.1 Å². The van der Waals surface area contributed by atoms with E-state index in [9.17, 15) is 0 Å². The summed E-state index contributed by atoms with van der Waals surface area (Å²) in [6.45, 7) is 16.0. The van der Waals surface area contributed by atoms with Crippen molar-refractivity contribution in [3.05, 3.63) is 48.2 Å². The van der Waals surface area contributed by atoms with Crippen LogP contribution in [0.5, 0.6) is 0 Å². The number of aryl methyl sites for hydroxylation is 2. The Balaban J connectivity index is 0.000000728. The van der Waals surface area contributed by atoms with Crippen LogP contribution in [-0.2, 0) is 0 Å². The van der Waals surface area contributed by atoms with Gasteiger partial charge in [-0.1, -0.05) is 47.6 Å². The van der Waals surface area contributed by atoms with Gasteiger partial charge in [0.2, 0.25) is 0 Å². The fourth-order valence-corrected chi connectivity index (χ4v) is 2.01. The van der Waals surface area contributed by atoms with Crippen molar-refractivity contribution in [1.29, 1.82) is 0 Å². The molecule has 0 fully saturated rings. The summed E-state index contributed by atoms with van der Waals surface area (Å²) in [7, 11) is 0. The van der Waals surface area contributed by atoms with Gasteiger partial charge in [-0.15, -0.1) is 0 Å². The van der Waals surface area contributed by atoms with Crippen LogP contribution in [0, 0.1) is 13.8 Å². The maximum atomic E-state index is 4.55. The van der Waals surface area contributed by atoms with Gasteiger partial charge in [0.1, 0.15) is 0 Å². The highest BCUT2D eigenvalue weighted by Gasteiger charge is 2.11. The average molecular weight is 314 g/mol. The first kappa shape index (κ1) is 20.8. The van der Waals surface area contributed by atoms with E-state index in [0.717, 1.165) is 28.4 Å². The highest BCUT2D eigenvalue weighted by molar-refractivity contribution is 5.63. The fourth-order valence-electron chi connectivity index (χ4n) is 2.01. The van der Waals surface area contributed by atoms with Gasteiger partial charge < -0.3 is 0 Å². The second kappa shape index (κ2) is 11.4. The van der Waals surface area contributed by atoms with Crippen molar-refractivity contribution in [2.24, 2.45) is 0 Å². The quantitative estimate of drug-likeness (QED) is 0.596. The van der Waals surface area contributed by atoms with E-state index in [1.165, 1.54) is 0 Å². The largest absolute Gasteiger partial charge is 0.295 e. The molecule has 0 saturated heterocycles. The molecule has 3 heterocycles. The lowest BCUT2D eigenvalue weighted by Crippen LogP contribution is -1.93. The molecule has 0 N–H and O–H groups in total. The third-order valence-electron chi connectivity index (χ3n) is 2.74. The van der Waals surface area contributed by atoms with E-state index >= 15 is 0 Å². The van der Waals surface area contributed by atoms with E-state index < -0.39 is 0 Å². The smallest absolute Gasteiger partial charge is 0.156 e. The van der Waals surface area contributed by atoms with Crippen LogP contribution in [0.3, 0.4) is 0 Å². The van der Waals surface area contributed by atoms with Gasteiger partial charge in [0.25, 0.3) is 0 Å². The number of aromatic nitrogens is 4. The third kappa shape index (κ3) is 5.16. The molecule has 0 amide bonds. The number of nitrogens with zero attached hydrogens (tertiary/aromatic N) is 4. The van der Waals surface area contributed by atoms with Crippen LogP contribution >= 0.6 is 0 Å². The van der Waals surface area contributed by atoms with Crippen LogP contribution in [-0.4, -0.2) is 19.4 Å². The predicted octanol–water partition coefficient (Wildman–Crippen LogP) is 5.49. The van der Waals surface area contributed by atoms with Crippen LogP contribution in [0.2, 0.25) is 0 Å². The normalized spacial score (nSPS) is 8.87. The molecule has 4 nitrogen and oxygen atoms in total. The van der Waals surface area contributed by atoms with E-state index in [1.807, 2.05) is 84.2 Å². The number of imidazole rings is 1. The second-order valence-corrected chi connectivity index (χ2v) is 4.01. The minimum absolute atomic E-state index is 0.850. The summed E-state index contributed by atoms with van der Waals surface area (Å²) in [5.41, 5.74) is 4.80. The van der Waals surface area contributed by atoms with Crippen LogP contribution in [0.4, 0.5) is 0 Å². The van der Waals surface area contributed by atoms with Crippen molar-refractivity contribution >= 4 is 5.65 Å². The first-order chi connectivity index (χ1) is 11.3. The van der Waals surface area contributed by atoms with Gasteiger partial charge in [0.05, 0.1) is 23.3 Å². The average Bonchev–Trinajstić information content (AvgIpc) is 2.96. The number of rotatable bonds is 1. The van der Waals surface area contributed by atoms with Gasteiger partial charge in [-0.3, -0.25) is 14.4 Å². The molecule has 0 aliphatic heterocycles. The molecule has 4 heteroatoms. The number of hydrogen-bond acceptors (Lipinski definition) is 3. The predicted molar refractivity (Wildman–Crippen MR) is 99.7 cm³/mol. The van der Waals surface area contributed by atoms with Gasteiger partial charge in [-0.05, 0) is 26.0 Å². The summed E-state index contributed by atoms with van der Waals surface area (Å²) >= 11 is 0. The first-order valence-electron chi connectivity index (χ1n) is 8.48. The molecule has 23 heavy (non-hydrogen) atoms. The van der Waals surface area contributed by atoms with Gasteiger partial charge in [-0.25, -0.2) is 4.98 Å². The Hall–Kier alpha value is -2.23. The second-order valence-electron chi connectivity index (χ2n) is 4.01. The summed E-state index contributed by atoms with van der Waals surface area (Å²) in [5.74, 6) is 0. The molecule has 3 aromatic rings. The molecule has 0 saturated carbocycles. The van der Waals surface area contributed by atoms with Crippen LogP contribution < -0.4 is 0 Å². The molecule has 0 spiro atoms. The van der Waals surface area contributed by atoms with Crippen LogP contribution in [0.15, 0.2) is 36.8 Å². The van der Waals surface area contributed by atoms with E-state index in [0.29, 0.717) is 0 Å². The summed E-state index contributed by atoms with van der Waals surface area (Å²) in [6.07, 6.45) is 5.42.